The molecule has 1 aromatic rings. The van der Waals surface area contributed by atoms with Gasteiger partial charge in [-0.05, 0) is 18.9 Å². The number of Topliss-reactive ketones (excluding diaryl/α,β-unsaturated/α-hetero) is 1. The molecule has 0 saturated carbocycles. The van der Waals surface area contributed by atoms with Gasteiger partial charge in [0.05, 0.1) is 12.2 Å². The molecule has 0 aliphatic carbocycles. The Morgan fingerprint density at radius 2 is 1.94 bits per heavy atom. The SMILES string of the molecule is O=C1CN2C(=O)CCCc3c(F)c(F)cc1c32. The number of benzene rings is 1. The molecule has 5 heteroatoms. The molecule has 88 valence electrons. The molecular formula is C12H9F2NO2. The van der Waals surface area contributed by atoms with E-state index in [4.69, 9.17) is 0 Å². The standard InChI is InChI=1S/C12H9F2NO2/c13-8-4-7-9(16)5-15-10(17)3-1-2-6(11(8)14)12(7)15/h4H,1-3,5H2. The average molecular weight is 237 g/mol. The lowest BCUT2D eigenvalue weighted by Crippen LogP contribution is -2.29. The van der Waals surface area contributed by atoms with Gasteiger partial charge in [0.15, 0.2) is 17.4 Å². The number of carbonyl (C=O) groups excluding carboxylic acids is 2. The van der Waals surface area contributed by atoms with E-state index < -0.39 is 11.6 Å². The van der Waals surface area contributed by atoms with Crippen molar-refractivity contribution in [2.24, 2.45) is 0 Å². The third-order valence-electron chi connectivity index (χ3n) is 3.28. The molecule has 2 aliphatic rings. The van der Waals surface area contributed by atoms with E-state index in [1.54, 1.807) is 0 Å². The van der Waals surface area contributed by atoms with Crippen molar-refractivity contribution in [1.82, 2.24) is 0 Å². The summed E-state index contributed by atoms with van der Waals surface area (Å²) in [5.41, 5.74) is 0.585. The summed E-state index contributed by atoms with van der Waals surface area (Å²) in [5.74, 6) is -2.46. The second-order valence-electron chi connectivity index (χ2n) is 4.30. The highest BCUT2D eigenvalue weighted by Crippen LogP contribution is 2.38. The molecule has 0 unspecified atom stereocenters. The molecule has 0 aromatic heterocycles. The first-order valence-corrected chi connectivity index (χ1v) is 5.44. The lowest BCUT2D eigenvalue weighted by Gasteiger charge is -2.16. The van der Waals surface area contributed by atoms with Crippen LogP contribution in [0.5, 0.6) is 0 Å². The molecule has 0 bridgehead atoms. The van der Waals surface area contributed by atoms with Crippen LogP contribution in [0, 0.1) is 11.6 Å². The Morgan fingerprint density at radius 3 is 2.71 bits per heavy atom. The number of ketones is 1. The van der Waals surface area contributed by atoms with Gasteiger partial charge >= 0.3 is 0 Å². The van der Waals surface area contributed by atoms with Gasteiger partial charge in [-0.25, -0.2) is 8.78 Å². The molecule has 0 spiro atoms. The highest BCUT2D eigenvalue weighted by atomic mass is 19.2. The van der Waals surface area contributed by atoms with Crippen LogP contribution in [-0.2, 0) is 11.2 Å². The number of amides is 1. The second-order valence-corrected chi connectivity index (χ2v) is 4.30. The van der Waals surface area contributed by atoms with Gasteiger partial charge < -0.3 is 4.90 Å². The molecule has 0 radical (unpaired) electrons. The van der Waals surface area contributed by atoms with Crippen LogP contribution in [0.2, 0.25) is 0 Å². The largest absolute Gasteiger partial charge is 0.303 e. The smallest absolute Gasteiger partial charge is 0.227 e. The molecule has 1 amide bonds. The lowest BCUT2D eigenvalue weighted by atomic mass is 10.0. The summed E-state index contributed by atoms with van der Waals surface area (Å²) in [6.45, 7) is -0.0932. The maximum absolute atomic E-state index is 13.7. The second kappa shape index (κ2) is 3.35. The number of hydrogen-bond acceptors (Lipinski definition) is 2. The van der Waals surface area contributed by atoms with E-state index in [2.05, 4.69) is 0 Å². The van der Waals surface area contributed by atoms with Gasteiger partial charge in [-0.15, -0.1) is 0 Å². The predicted octanol–water partition coefficient (Wildman–Crippen LogP) is 1.83. The van der Waals surface area contributed by atoms with Gasteiger partial charge in [-0.1, -0.05) is 0 Å². The summed E-state index contributed by atoms with van der Waals surface area (Å²) >= 11 is 0. The van der Waals surface area contributed by atoms with Gasteiger partial charge in [-0.3, -0.25) is 9.59 Å². The molecular weight excluding hydrogens is 228 g/mol. The summed E-state index contributed by atoms with van der Waals surface area (Å²) in [4.78, 5) is 24.7. The van der Waals surface area contributed by atoms with Crippen molar-refractivity contribution in [1.29, 1.82) is 0 Å². The summed E-state index contributed by atoms with van der Waals surface area (Å²) in [6, 6.07) is 0.898. The molecule has 1 aromatic carbocycles. The molecule has 0 atom stereocenters. The van der Waals surface area contributed by atoms with Crippen molar-refractivity contribution >= 4 is 17.4 Å². The van der Waals surface area contributed by atoms with Gasteiger partial charge in [0.2, 0.25) is 5.91 Å². The van der Waals surface area contributed by atoms with Crippen molar-refractivity contribution in [3.8, 4) is 0 Å². The maximum atomic E-state index is 13.7. The number of nitrogens with zero attached hydrogens (tertiary/aromatic N) is 1. The van der Waals surface area contributed by atoms with Crippen LogP contribution in [0.15, 0.2) is 6.07 Å². The fourth-order valence-electron chi connectivity index (χ4n) is 2.49. The zero-order chi connectivity index (χ0) is 12.2. The first kappa shape index (κ1) is 10.4. The van der Waals surface area contributed by atoms with Crippen LogP contribution < -0.4 is 4.90 Å². The molecule has 3 nitrogen and oxygen atoms in total. The van der Waals surface area contributed by atoms with Gasteiger partial charge in [0.25, 0.3) is 0 Å². The van der Waals surface area contributed by atoms with Crippen LogP contribution in [0.3, 0.4) is 0 Å². The van der Waals surface area contributed by atoms with E-state index in [1.165, 1.54) is 4.90 Å². The van der Waals surface area contributed by atoms with Crippen LogP contribution in [0.25, 0.3) is 0 Å². The molecule has 0 saturated heterocycles. The minimum Gasteiger partial charge on any atom is -0.303 e. The summed E-state index contributed by atoms with van der Waals surface area (Å²) in [5, 5.41) is 0. The zero-order valence-electron chi connectivity index (χ0n) is 8.93. The normalized spacial score (nSPS) is 18.4. The number of rotatable bonds is 0. The maximum Gasteiger partial charge on any atom is 0.227 e. The van der Waals surface area contributed by atoms with Crippen molar-refractivity contribution in [3.05, 3.63) is 28.8 Å². The highest BCUT2D eigenvalue weighted by molar-refractivity contribution is 6.16. The zero-order valence-corrected chi connectivity index (χ0v) is 8.93. The Hall–Kier alpha value is -1.78. The number of carbonyl (C=O) groups is 2. The Kier molecular flexibility index (Phi) is 2.05. The Morgan fingerprint density at radius 1 is 1.18 bits per heavy atom. The average Bonchev–Trinajstić information content (AvgIpc) is 2.51. The predicted molar refractivity (Wildman–Crippen MR) is 56.0 cm³/mol. The van der Waals surface area contributed by atoms with Crippen LogP contribution >= 0.6 is 0 Å². The van der Waals surface area contributed by atoms with E-state index in [1.807, 2.05) is 0 Å². The van der Waals surface area contributed by atoms with E-state index in [0.717, 1.165) is 6.07 Å². The third kappa shape index (κ3) is 1.31. The van der Waals surface area contributed by atoms with E-state index in [9.17, 15) is 18.4 Å². The van der Waals surface area contributed by atoms with Crippen LogP contribution in [-0.4, -0.2) is 18.2 Å². The molecule has 0 fully saturated rings. The minimum absolute atomic E-state index is 0.0932. The first-order valence-electron chi connectivity index (χ1n) is 5.44. The van der Waals surface area contributed by atoms with Gasteiger partial charge in [-0.2, -0.15) is 0 Å². The Bertz CT molecular complexity index is 554. The van der Waals surface area contributed by atoms with E-state index in [-0.39, 0.29) is 41.5 Å². The summed E-state index contributed by atoms with van der Waals surface area (Å²) in [7, 11) is 0. The van der Waals surface area contributed by atoms with E-state index >= 15 is 0 Å². The monoisotopic (exact) mass is 237 g/mol. The van der Waals surface area contributed by atoms with Gasteiger partial charge in [0.1, 0.15) is 0 Å². The number of halogens is 2. The van der Waals surface area contributed by atoms with Crippen LogP contribution in [0.4, 0.5) is 14.5 Å². The fraction of sp³-hybridized carbons (Fsp3) is 0.333. The quantitative estimate of drug-likeness (QED) is 0.690. The molecule has 2 heterocycles. The fourth-order valence-corrected chi connectivity index (χ4v) is 2.49. The molecule has 2 aliphatic heterocycles. The third-order valence-corrected chi connectivity index (χ3v) is 3.28. The Balaban J connectivity index is 2.33. The topological polar surface area (TPSA) is 37.4 Å². The van der Waals surface area contributed by atoms with Crippen molar-refractivity contribution in [3.63, 3.8) is 0 Å². The summed E-state index contributed by atoms with van der Waals surface area (Å²) in [6.07, 6.45) is 1.04. The minimum atomic E-state index is -1.01. The molecule has 0 N–H and O–H groups in total. The number of anilines is 1. The highest BCUT2D eigenvalue weighted by Gasteiger charge is 2.37. The lowest BCUT2D eigenvalue weighted by molar-refractivity contribution is -0.118. The number of hydrogen-bond donors (Lipinski definition) is 0. The van der Waals surface area contributed by atoms with Crippen LogP contribution in [0.1, 0.15) is 28.8 Å². The molecule has 17 heavy (non-hydrogen) atoms. The first-order chi connectivity index (χ1) is 8.09. The molecule has 3 rings (SSSR count). The van der Waals surface area contributed by atoms with Crippen molar-refractivity contribution in [2.45, 2.75) is 19.3 Å². The van der Waals surface area contributed by atoms with Crippen molar-refractivity contribution < 1.29 is 18.4 Å². The van der Waals surface area contributed by atoms with E-state index in [0.29, 0.717) is 12.8 Å². The van der Waals surface area contributed by atoms with Crippen molar-refractivity contribution in [2.75, 3.05) is 11.4 Å². The summed E-state index contributed by atoms with van der Waals surface area (Å²) < 4.78 is 27.0. The Labute approximate surface area is 96.0 Å². The van der Waals surface area contributed by atoms with Gasteiger partial charge in [0, 0.05) is 17.5 Å².